The fraction of sp³-hybridized carbons (Fsp3) is 0.889. The van der Waals surface area contributed by atoms with E-state index in [-0.39, 0.29) is 46.8 Å². The van der Waals surface area contributed by atoms with Crippen LogP contribution in [0.5, 0.6) is 0 Å². The van der Waals surface area contributed by atoms with Crippen molar-refractivity contribution in [3.8, 4) is 0 Å². The van der Waals surface area contributed by atoms with Crippen LogP contribution in [0.3, 0.4) is 0 Å². The largest absolute Gasteiger partial charge is 0.392 e. The van der Waals surface area contributed by atoms with E-state index in [9.17, 15) is 9.90 Å². The van der Waals surface area contributed by atoms with Crippen LogP contribution in [-0.2, 0) is 4.79 Å². The first-order chi connectivity index (χ1) is 11.5. The maximum Gasteiger partial charge on any atom is 0.220 e. The van der Waals surface area contributed by atoms with Gasteiger partial charge in [-0.05, 0) is 25.7 Å². The highest BCUT2D eigenvalue weighted by Gasteiger charge is 2.43. The number of amides is 1. The van der Waals surface area contributed by atoms with Gasteiger partial charge in [0, 0.05) is 50.5 Å². The van der Waals surface area contributed by atoms with Gasteiger partial charge in [-0.1, -0.05) is 19.8 Å². The molecule has 3 rings (SSSR count). The van der Waals surface area contributed by atoms with Crippen molar-refractivity contribution in [2.24, 2.45) is 15.8 Å². The summed E-state index contributed by atoms with van der Waals surface area (Å²) < 4.78 is 0. The van der Waals surface area contributed by atoms with Gasteiger partial charge < -0.3 is 20.6 Å². The van der Waals surface area contributed by atoms with Crippen molar-refractivity contribution in [3.63, 3.8) is 0 Å². The highest BCUT2D eigenvalue weighted by atomic mass is 127. The molecule has 3 aliphatic rings. The Balaban J connectivity index is 0.00000225. The quantitative estimate of drug-likeness (QED) is 0.331. The number of aliphatic hydroxyl groups excluding tert-OH is 1. The van der Waals surface area contributed by atoms with E-state index in [0.717, 1.165) is 64.2 Å². The Morgan fingerprint density at radius 2 is 2.20 bits per heavy atom. The third kappa shape index (κ3) is 4.59. The average Bonchev–Trinajstić information content (AvgIpc) is 2.91. The molecule has 3 N–H and O–H groups in total. The van der Waals surface area contributed by atoms with E-state index in [1.807, 2.05) is 7.05 Å². The number of carbonyl (C=O) groups is 1. The molecule has 3 fully saturated rings. The fourth-order valence-corrected chi connectivity index (χ4v) is 4.63. The normalized spacial score (nSPS) is 36.1. The number of rotatable bonds is 2. The van der Waals surface area contributed by atoms with Gasteiger partial charge in [0.15, 0.2) is 5.96 Å². The van der Waals surface area contributed by atoms with Gasteiger partial charge in [-0.25, -0.2) is 0 Å². The summed E-state index contributed by atoms with van der Waals surface area (Å²) in [7, 11) is 1.82. The minimum Gasteiger partial charge on any atom is -0.392 e. The zero-order valence-corrected chi connectivity index (χ0v) is 17.8. The molecule has 2 saturated heterocycles. The van der Waals surface area contributed by atoms with E-state index in [0.29, 0.717) is 6.42 Å². The average molecular weight is 464 g/mol. The second-order valence-electron chi connectivity index (χ2n) is 8.29. The van der Waals surface area contributed by atoms with E-state index >= 15 is 0 Å². The van der Waals surface area contributed by atoms with Gasteiger partial charge in [0.2, 0.25) is 5.91 Å². The Bertz CT molecular complexity index is 515. The number of likely N-dealkylation sites (tertiary alicyclic amines) is 1. The number of hydrogen-bond donors (Lipinski definition) is 3. The summed E-state index contributed by atoms with van der Waals surface area (Å²) in [5.74, 6) is 1.09. The molecule has 3 unspecified atom stereocenters. The Labute approximate surface area is 168 Å². The molecule has 1 amide bonds. The molecule has 1 aliphatic carbocycles. The van der Waals surface area contributed by atoms with Crippen molar-refractivity contribution in [2.75, 3.05) is 33.2 Å². The lowest BCUT2D eigenvalue weighted by molar-refractivity contribution is -0.119. The standard InChI is InChI=1S/C18H32N4O2.HI/c1-17(7-4-3-6-14(17)23)11-21-16(19-2)22-9-5-8-18(13-22)10-15(24)20-12-18;/h14,23H,3-13H2,1-2H3,(H,19,21)(H,20,24);1H. The van der Waals surface area contributed by atoms with Gasteiger partial charge in [-0.2, -0.15) is 0 Å². The number of carbonyl (C=O) groups excluding carboxylic acids is 1. The molecule has 3 atom stereocenters. The van der Waals surface area contributed by atoms with E-state index in [2.05, 4.69) is 27.4 Å². The third-order valence-electron chi connectivity index (χ3n) is 6.30. The molecular formula is C18H33IN4O2. The van der Waals surface area contributed by atoms with Gasteiger partial charge in [-0.15, -0.1) is 24.0 Å². The van der Waals surface area contributed by atoms with Crippen molar-refractivity contribution >= 4 is 35.8 Å². The minimum atomic E-state index is -0.235. The monoisotopic (exact) mass is 464 g/mol. The zero-order valence-electron chi connectivity index (χ0n) is 15.5. The second-order valence-corrected chi connectivity index (χ2v) is 8.29. The van der Waals surface area contributed by atoms with Gasteiger partial charge >= 0.3 is 0 Å². The number of piperidine rings is 1. The molecule has 6 nitrogen and oxygen atoms in total. The van der Waals surface area contributed by atoms with Crippen LogP contribution in [0.15, 0.2) is 4.99 Å². The van der Waals surface area contributed by atoms with E-state index in [4.69, 9.17) is 0 Å². The van der Waals surface area contributed by atoms with Crippen LogP contribution in [0.25, 0.3) is 0 Å². The highest BCUT2D eigenvalue weighted by Crippen LogP contribution is 2.37. The summed E-state index contributed by atoms with van der Waals surface area (Å²) >= 11 is 0. The Hall–Kier alpha value is -0.570. The number of guanidine groups is 1. The van der Waals surface area contributed by atoms with Crippen molar-refractivity contribution < 1.29 is 9.90 Å². The van der Waals surface area contributed by atoms with Crippen LogP contribution < -0.4 is 10.6 Å². The summed E-state index contributed by atoms with van der Waals surface area (Å²) in [6, 6.07) is 0. The van der Waals surface area contributed by atoms with Crippen LogP contribution in [0, 0.1) is 10.8 Å². The van der Waals surface area contributed by atoms with Crippen molar-refractivity contribution in [1.29, 1.82) is 0 Å². The number of aliphatic hydroxyl groups is 1. The Morgan fingerprint density at radius 1 is 1.40 bits per heavy atom. The molecule has 2 aliphatic heterocycles. The number of halogens is 1. The molecule has 0 aromatic rings. The van der Waals surface area contributed by atoms with Crippen LogP contribution in [-0.4, -0.2) is 61.2 Å². The maximum absolute atomic E-state index is 11.7. The second kappa shape index (κ2) is 8.41. The lowest BCUT2D eigenvalue weighted by Gasteiger charge is -2.43. The number of nitrogens with zero attached hydrogens (tertiary/aromatic N) is 2. The first-order valence-corrected chi connectivity index (χ1v) is 9.37. The minimum absolute atomic E-state index is 0. The van der Waals surface area contributed by atoms with Crippen molar-refractivity contribution in [2.45, 2.75) is 58.0 Å². The topological polar surface area (TPSA) is 77.0 Å². The fourth-order valence-electron chi connectivity index (χ4n) is 4.63. The molecule has 25 heavy (non-hydrogen) atoms. The van der Waals surface area contributed by atoms with Crippen LogP contribution in [0.4, 0.5) is 0 Å². The van der Waals surface area contributed by atoms with E-state index in [1.54, 1.807) is 0 Å². The number of aliphatic imine (C=N–C) groups is 1. The predicted octanol–water partition coefficient (Wildman–Crippen LogP) is 1.72. The lowest BCUT2D eigenvalue weighted by atomic mass is 9.73. The van der Waals surface area contributed by atoms with Gasteiger partial charge in [0.05, 0.1) is 6.10 Å². The highest BCUT2D eigenvalue weighted by molar-refractivity contribution is 14.0. The zero-order chi connectivity index (χ0) is 17.2. The molecule has 0 radical (unpaired) electrons. The van der Waals surface area contributed by atoms with Crippen LogP contribution in [0.1, 0.15) is 51.9 Å². The third-order valence-corrected chi connectivity index (χ3v) is 6.30. The van der Waals surface area contributed by atoms with Crippen LogP contribution in [0.2, 0.25) is 0 Å². The van der Waals surface area contributed by atoms with E-state index in [1.165, 1.54) is 6.42 Å². The smallest absolute Gasteiger partial charge is 0.220 e. The molecule has 7 heteroatoms. The molecule has 1 spiro atoms. The van der Waals surface area contributed by atoms with Gasteiger partial charge in [0.25, 0.3) is 0 Å². The summed E-state index contributed by atoms with van der Waals surface area (Å²) in [4.78, 5) is 18.4. The SMILES string of the molecule is CN=C(NCC1(C)CCCCC1O)N1CCCC2(CNC(=O)C2)C1.I. The summed E-state index contributed by atoms with van der Waals surface area (Å²) in [6.07, 6.45) is 6.87. The summed E-state index contributed by atoms with van der Waals surface area (Å²) in [5.41, 5.74) is -0.00620. The summed E-state index contributed by atoms with van der Waals surface area (Å²) in [5, 5.41) is 16.9. The van der Waals surface area contributed by atoms with E-state index < -0.39 is 0 Å². The predicted molar refractivity (Wildman–Crippen MR) is 110 cm³/mol. The molecule has 0 aromatic carbocycles. The van der Waals surface area contributed by atoms with Gasteiger partial charge in [0.1, 0.15) is 0 Å². The lowest BCUT2D eigenvalue weighted by Crippen LogP contribution is -2.54. The number of hydrogen-bond acceptors (Lipinski definition) is 3. The molecule has 2 heterocycles. The molecule has 1 saturated carbocycles. The molecular weight excluding hydrogens is 431 g/mol. The van der Waals surface area contributed by atoms with Crippen LogP contribution >= 0.6 is 24.0 Å². The Kier molecular flexibility index (Phi) is 6.98. The number of nitrogens with one attached hydrogen (secondary N) is 2. The molecule has 0 aromatic heterocycles. The maximum atomic E-state index is 11.7. The van der Waals surface area contributed by atoms with Crippen molar-refractivity contribution in [3.05, 3.63) is 0 Å². The Morgan fingerprint density at radius 3 is 2.84 bits per heavy atom. The van der Waals surface area contributed by atoms with Crippen molar-refractivity contribution in [1.82, 2.24) is 15.5 Å². The summed E-state index contributed by atoms with van der Waals surface area (Å²) in [6.45, 7) is 5.57. The molecule has 0 bridgehead atoms. The first-order valence-electron chi connectivity index (χ1n) is 9.37. The first kappa shape index (κ1) is 20.7. The van der Waals surface area contributed by atoms with Gasteiger partial charge in [-0.3, -0.25) is 9.79 Å². The molecule has 144 valence electrons.